The molecule has 1 aliphatic rings. The van der Waals surface area contributed by atoms with Gasteiger partial charge in [-0.05, 0) is 25.0 Å². The highest BCUT2D eigenvalue weighted by molar-refractivity contribution is 8.00. The van der Waals surface area contributed by atoms with E-state index in [1.807, 2.05) is 30.0 Å². The lowest BCUT2D eigenvalue weighted by Crippen LogP contribution is -2.08. The van der Waals surface area contributed by atoms with Crippen molar-refractivity contribution in [1.29, 1.82) is 0 Å². The number of hydrogen-bond acceptors (Lipinski definition) is 3. The van der Waals surface area contributed by atoms with Crippen LogP contribution in [-0.2, 0) is 0 Å². The SMILES string of the molecule is COc1cccc(OC)c1SC1CCCCC1. The van der Waals surface area contributed by atoms with E-state index in [0.717, 1.165) is 16.4 Å². The highest BCUT2D eigenvalue weighted by Crippen LogP contribution is 2.43. The van der Waals surface area contributed by atoms with Gasteiger partial charge in [0.05, 0.1) is 19.1 Å². The molecule has 0 amide bonds. The minimum Gasteiger partial charge on any atom is -0.495 e. The molecule has 2 nitrogen and oxygen atoms in total. The van der Waals surface area contributed by atoms with Crippen molar-refractivity contribution in [3.05, 3.63) is 18.2 Å². The molecule has 1 fully saturated rings. The van der Waals surface area contributed by atoms with E-state index in [1.54, 1.807) is 14.2 Å². The van der Waals surface area contributed by atoms with Crippen molar-refractivity contribution in [2.75, 3.05) is 14.2 Å². The van der Waals surface area contributed by atoms with E-state index in [2.05, 4.69) is 0 Å². The zero-order chi connectivity index (χ0) is 12.1. The lowest BCUT2D eigenvalue weighted by atomic mass is 10.0. The van der Waals surface area contributed by atoms with Crippen LogP contribution in [0.15, 0.2) is 23.1 Å². The average Bonchev–Trinajstić information content (AvgIpc) is 2.40. The maximum atomic E-state index is 5.43. The van der Waals surface area contributed by atoms with Crippen molar-refractivity contribution in [2.24, 2.45) is 0 Å². The molecule has 1 aromatic carbocycles. The number of ether oxygens (including phenoxy) is 2. The highest BCUT2D eigenvalue weighted by atomic mass is 32.2. The van der Waals surface area contributed by atoms with Gasteiger partial charge in [0.15, 0.2) is 0 Å². The van der Waals surface area contributed by atoms with Gasteiger partial charge in [-0.3, -0.25) is 0 Å². The predicted molar refractivity (Wildman–Crippen MR) is 72.3 cm³/mol. The van der Waals surface area contributed by atoms with Crippen molar-refractivity contribution in [3.63, 3.8) is 0 Å². The maximum Gasteiger partial charge on any atom is 0.136 e. The molecule has 3 heteroatoms. The summed E-state index contributed by atoms with van der Waals surface area (Å²) in [6, 6.07) is 5.99. The molecule has 0 unspecified atom stereocenters. The van der Waals surface area contributed by atoms with Crippen molar-refractivity contribution in [3.8, 4) is 11.5 Å². The highest BCUT2D eigenvalue weighted by Gasteiger charge is 2.19. The van der Waals surface area contributed by atoms with Gasteiger partial charge in [0.2, 0.25) is 0 Å². The van der Waals surface area contributed by atoms with Gasteiger partial charge in [0.25, 0.3) is 0 Å². The van der Waals surface area contributed by atoms with Crippen LogP contribution >= 0.6 is 11.8 Å². The van der Waals surface area contributed by atoms with Crippen molar-refractivity contribution in [2.45, 2.75) is 42.2 Å². The fraction of sp³-hybridized carbons (Fsp3) is 0.571. The van der Waals surface area contributed by atoms with Gasteiger partial charge in [0, 0.05) is 5.25 Å². The molecule has 0 aromatic heterocycles. The van der Waals surface area contributed by atoms with Crippen LogP contribution in [0.25, 0.3) is 0 Å². The minimum absolute atomic E-state index is 0.717. The van der Waals surface area contributed by atoms with E-state index in [4.69, 9.17) is 9.47 Å². The standard InChI is InChI=1S/C14H20O2S/c1-15-12-9-6-10-13(16-2)14(12)17-11-7-4-3-5-8-11/h6,9-11H,3-5,7-8H2,1-2H3. The fourth-order valence-corrected chi connectivity index (χ4v) is 3.72. The molecular weight excluding hydrogens is 232 g/mol. The van der Waals surface area contributed by atoms with Gasteiger partial charge in [-0.25, -0.2) is 0 Å². The van der Waals surface area contributed by atoms with Crippen LogP contribution in [-0.4, -0.2) is 19.5 Å². The molecule has 1 aliphatic carbocycles. The Morgan fingerprint density at radius 2 is 1.59 bits per heavy atom. The van der Waals surface area contributed by atoms with E-state index >= 15 is 0 Å². The third-order valence-electron chi connectivity index (χ3n) is 3.22. The Hall–Kier alpha value is -0.830. The molecule has 94 valence electrons. The first-order valence-electron chi connectivity index (χ1n) is 6.23. The molecular formula is C14H20O2S. The molecule has 0 atom stereocenters. The lowest BCUT2D eigenvalue weighted by Gasteiger charge is -2.22. The van der Waals surface area contributed by atoms with E-state index in [9.17, 15) is 0 Å². The Bertz CT molecular complexity index is 337. The summed E-state index contributed by atoms with van der Waals surface area (Å²) in [5, 5.41) is 0.717. The maximum absolute atomic E-state index is 5.43. The van der Waals surface area contributed by atoms with Crippen molar-refractivity contribution >= 4 is 11.8 Å². The zero-order valence-electron chi connectivity index (χ0n) is 10.6. The Labute approximate surface area is 108 Å². The molecule has 0 radical (unpaired) electrons. The molecule has 2 rings (SSSR count). The van der Waals surface area contributed by atoms with Gasteiger partial charge in [-0.15, -0.1) is 11.8 Å². The van der Waals surface area contributed by atoms with E-state index < -0.39 is 0 Å². The molecule has 0 saturated heterocycles. The second-order valence-corrected chi connectivity index (χ2v) is 5.68. The summed E-state index contributed by atoms with van der Waals surface area (Å²) in [6.45, 7) is 0. The third-order valence-corrected chi connectivity index (χ3v) is 4.66. The Morgan fingerprint density at radius 3 is 2.12 bits per heavy atom. The normalized spacial score (nSPS) is 16.8. The van der Waals surface area contributed by atoms with E-state index in [-0.39, 0.29) is 0 Å². The van der Waals surface area contributed by atoms with Gasteiger partial charge in [-0.1, -0.05) is 25.3 Å². The summed E-state index contributed by atoms with van der Waals surface area (Å²) in [4.78, 5) is 1.16. The van der Waals surface area contributed by atoms with Crippen LogP contribution in [0.4, 0.5) is 0 Å². The summed E-state index contributed by atoms with van der Waals surface area (Å²) in [5.41, 5.74) is 0. The Balaban J connectivity index is 2.16. The first-order valence-corrected chi connectivity index (χ1v) is 7.10. The summed E-state index contributed by atoms with van der Waals surface area (Å²) in [7, 11) is 3.44. The van der Waals surface area contributed by atoms with Gasteiger partial charge >= 0.3 is 0 Å². The summed E-state index contributed by atoms with van der Waals surface area (Å²) < 4.78 is 10.9. The van der Waals surface area contributed by atoms with Crippen LogP contribution in [0.1, 0.15) is 32.1 Å². The Kier molecular flexibility index (Phi) is 4.60. The van der Waals surface area contributed by atoms with Gasteiger partial charge in [-0.2, -0.15) is 0 Å². The van der Waals surface area contributed by atoms with Crippen LogP contribution in [0.5, 0.6) is 11.5 Å². The van der Waals surface area contributed by atoms with E-state index in [0.29, 0.717) is 5.25 Å². The van der Waals surface area contributed by atoms with Crippen LogP contribution in [0, 0.1) is 0 Å². The molecule has 17 heavy (non-hydrogen) atoms. The van der Waals surface area contributed by atoms with Crippen LogP contribution < -0.4 is 9.47 Å². The average molecular weight is 252 g/mol. The summed E-state index contributed by atoms with van der Waals surface area (Å²) in [5.74, 6) is 1.86. The smallest absolute Gasteiger partial charge is 0.136 e. The van der Waals surface area contributed by atoms with Crippen LogP contribution in [0.3, 0.4) is 0 Å². The molecule has 1 saturated carbocycles. The molecule has 0 spiro atoms. The van der Waals surface area contributed by atoms with E-state index in [1.165, 1.54) is 32.1 Å². The van der Waals surface area contributed by atoms with Crippen molar-refractivity contribution in [1.82, 2.24) is 0 Å². The van der Waals surface area contributed by atoms with Crippen molar-refractivity contribution < 1.29 is 9.47 Å². The number of thioether (sulfide) groups is 1. The quantitative estimate of drug-likeness (QED) is 0.802. The second-order valence-electron chi connectivity index (χ2n) is 4.37. The largest absolute Gasteiger partial charge is 0.495 e. The first-order chi connectivity index (χ1) is 8.35. The number of rotatable bonds is 4. The molecule has 0 heterocycles. The number of benzene rings is 1. The topological polar surface area (TPSA) is 18.5 Å². The Morgan fingerprint density at radius 1 is 1.00 bits per heavy atom. The van der Waals surface area contributed by atoms with Crippen LogP contribution in [0.2, 0.25) is 0 Å². The molecule has 0 N–H and O–H groups in total. The van der Waals surface area contributed by atoms with Gasteiger partial charge in [0.1, 0.15) is 11.5 Å². The predicted octanol–water partition coefficient (Wildman–Crippen LogP) is 4.13. The summed E-state index contributed by atoms with van der Waals surface area (Å²) in [6.07, 6.45) is 6.72. The number of methoxy groups -OCH3 is 2. The molecule has 0 aliphatic heterocycles. The summed E-state index contributed by atoms with van der Waals surface area (Å²) >= 11 is 1.92. The van der Waals surface area contributed by atoms with Gasteiger partial charge < -0.3 is 9.47 Å². The lowest BCUT2D eigenvalue weighted by molar-refractivity contribution is 0.376. The zero-order valence-corrected chi connectivity index (χ0v) is 11.4. The first kappa shape index (κ1) is 12.6. The number of hydrogen-bond donors (Lipinski definition) is 0. The second kappa shape index (κ2) is 6.20. The minimum atomic E-state index is 0.717. The third kappa shape index (κ3) is 3.09. The molecule has 1 aromatic rings. The monoisotopic (exact) mass is 252 g/mol. The molecule has 0 bridgehead atoms. The fourth-order valence-electron chi connectivity index (χ4n) is 2.28.